The van der Waals surface area contributed by atoms with Crippen LogP contribution in [-0.2, 0) is 27.9 Å². The molecule has 1 fully saturated rings. The highest BCUT2D eigenvalue weighted by Crippen LogP contribution is 2.25. The summed E-state index contributed by atoms with van der Waals surface area (Å²) >= 11 is 6.02. The van der Waals surface area contributed by atoms with Crippen LogP contribution in [0.25, 0.3) is 22.2 Å². The molecule has 0 atom stereocenters. The molecular formula is C26H26ClN5O4S. The highest BCUT2D eigenvalue weighted by molar-refractivity contribution is 7.89. The lowest BCUT2D eigenvalue weighted by molar-refractivity contribution is -0.134. The first-order valence-electron chi connectivity index (χ1n) is 12.0. The number of hydrogen-bond acceptors (Lipinski definition) is 5. The summed E-state index contributed by atoms with van der Waals surface area (Å²) in [6.07, 6.45) is 0.814. The molecule has 0 radical (unpaired) electrons. The van der Waals surface area contributed by atoms with Crippen LogP contribution in [0, 0.1) is 0 Å². The number of aryl methyl sites for hydroxylation is 1. The van der Waals surface area contributed by atoms with Crippen LogP contribution in [0.3, 0.4) is 0 Å². The molecule has 192 valence electrons. The Morgan fingerprint density at radius 2 is 1.78 bits per heavy atom. The van der Waals surface area contributed by atoms with Crippen molar-refractivity contribution < 1.29 is 13.2 Å². The van der Waals surface area contributed by atoms with E-state index < -0.39 is 10.0 Å². The predicted octanol–water partition coefficient (Wildman–Crippen LogP) is 3.49. The van der Waals surface area contributed by atoms with Gasteiger partial charge in [-0.05, 0) is 42.3 Å². The van der Waals surface area contributed by atoms with Crippen molar-refractivity contribution in [2.24, 2.45) is 0 Å². The van der Waals surface area contributed by atoms with Gasteiger partial charge in [0.2, 0.25) is 5.91 Å². The Morgan fingerprint density at radius 1 is 1.00 bits per heavy atom. The number of hydrogen-bond donors (Lipinski definition) is 1. The van der Waals surface area contributed by atoms with Crippen LogP contribution in [0.15, 0.2) is 70.5 Å². The summed E-state index contributed by atoms with van der Waals surface area (Å²) in [5.41, 5.74) is 3.03. The lowest BCUT2D eigenvalue weighted by Crippen LogP contribution is -2.51. The number of piperazine rings is 1. The molecule has 0 aliphatic carbocycles. The second kappa shape index (κ2) is 10.1. The van der Waals surface area contributed by atoms with Crippen molar-refractivity contribution in [2.75, 3.05) is 19.6 Å². The Labute approximate surface area is 219 Å². The molecule has 3 heterocycles. The second-order valence-corrected chi connectivity index (χ2v) is 11.3. The zero-order valence-electron chi connectivity index (χ0n) is 20.2. The number of aromatic amines is 1. The minimum atomic E-state index is -3.86. The van der Waals surface area contributed by atoms with Crippen molar-refractivity contribution in [3.05, 3.63) is 81.6 Å². The van der Waals surface area contributed by atoms with Crippen LogP contribution in [0.5, 0.6) is 0 Å². The topological polar surface area (TPSA) is 108 Å². The number of rotatable bonds is 7. The molecule has 5 rings (SSSR count). The number of amides is 1. The van der Waals surface area contributed by atoms with Gasteiger partial charge in [-0.25, -0.2) is 13.1 Å². The zero-order valence-corrected chi connectivity index (χ0v) is 21.8. The van der Waals surface area contributed by atoms with Crippen LogP contribution in [0.2, 0.25) is 5.02 Å². The number of halogens is 1. The molecule has 1 amide bonds. The predicted molar refractivity (Wildman–Crippen MR) is 142 cm³/mol. The van der Waals surface area contributed by atoms with E-state index in [9.17, 15) is 18.0 Å². The summed E-state index contributed by atoms with van der Waals surface area (Å²) in [5.74, 6) is -0.258. The fourth-order valence-corrected chi connectivity index (χ4v) is 5.97. The van der Waals surface area contributed by atoms with E-state index in [1.165, 1.54) is 21.1 Å². The van der Waals surface area contributed by atoms with Gasteiger partial charge in [-0.3, -0.25) is 9.59 Å². The van der Waals surface area contributed by atoms with Crippen molar-refractivity contribution in [1.29, 1.82) is 0 Å². The largest absolute Gasteiger partial charge is 0.345 e. The average molecular weight is 540 g/mol. The maximum atomic E-state index is 13.2. The number of carbonyl (C=O) groups excluding carboxylic acids is 1. The average Bonchev–Trinajstić information content (AvgIpc) is 3.31. The van der Waals surface area contributed by atoms with Crippen molar-refractivity contribution in [3.8, 4) is 11.3 Å². The van der Waals surface area contributed by atoms with Crippen LogP contribution >= 0.6 is 11.6 Å². The van der Waals surface area contributed by atoms with E-state index >= 15 is 0 Å². The number of nitrogens with zero attached hydrogens (tertiary/aromatic N) is 4. The summed E-state index contributed by atoms with van der Waals surface area (Å²) in [4.78, 5) is 29.4. The second-order valence-electron chi connectivity index (χ2n) is 9.00. The van der Waals surface area contributed by atoms with Crippen LogP contribution in [0.1, 0.15) is 18.9 Å². The van der Waals surface area contributed by atoms with Gasteiger partial charge >= 0.3 is 0 Å². The Hall–Kier alpha value is -3.47. The molecular weight excluding hydrogens is 514 g/mol. The maximum Gasteiger partial charge on any atom is 0.266 e. The van der Waals surface area contributed by atoms with Gasteiger partial charge in [0.15, 0.2) is 0 Å². The summed E-state index contributed by atoms with van der Waals surface area (Å²) in [7, 11) is -3.86. The number of nitrogens with one attached hydrogen (secondary N) is 1. The standard InChI is InChI=1S/C26H26ClN5O4S/c1-2-11-32-25(33)10-9-23(29-32)19-5-3-18(4-6-19)16-30-12-13-31(17-26(30)34)37(35,36)24-15-20-14-21(27)7-8-22(20)28-24/h3-10,14-15,28H,2,11-13,16-17H2,1H3. The normalized spacial score (nSPS) is 15.0. The number of fused-ring (bicyclic) bond motifs is 1. The van der Waals surface area contributed by atoms with Crippen molar-refractivity contribution in [1.82, 2.24) is 24.0 Å². The van der Waals surface area contributed by atoms with Crippen LogP contribution < -0.4 is 5.56 Å². The number of H-pyrrole nitrogens is 1. The van der Waals surface area contributed by atoms with Crippen molar-refractivity contribution in [3.63, 3.8) is 0 Å². The smallest absolute Gasteiger partial charge is 0.266 e. The van der Waals surface area contributed by atoms with E-state index in [1.54, 1.807) is 29.2 Å². The lowest BCUT2D eigenvalue weighted by Gasteiger charge is -2.33. The van der Waals surface area contributed by atoms with Crippen LogP contribution in [0.4, 0.5) is 0 Å². The number of benzene rings is 2. The van der Waals surface area contributed by atoms with Crippen molar-refractivity contribution in [2.45, 2.75) is 31.5 Å². The number of aromatic nitrogens is 3. The number of sulfonamides is 1. The minimum Gasteiger partial charge on any atom is -0.345 e. The molecule has 11 heteroatoms. The molecule has 0 spiro atoms. The monoisotopic (exact) mass is 539 g/mol. The first-order valence-corrected chi connectivity index (χ1v) is 13.8. The molecule has 1 saturated heterocycles. The van der Waals surface area contributed by atoms with Crippen LogP contribution in [-0.4, -0.2) is 57.9 Å². The summed E-state index contributed by atoms with van der Waals surface area (Å²) in [5, 5.41) is 5.69. The lowest BCUT2D eigenvalue weighted by atomic mass is 10.1. The molecule has 1 N–H and O–H groups in total. The zero-order chi connectivity index (χ0) is 26.2. The van der Waals surface area contributed by atoms with Crippen molar-refractivity contribution >= 4 is 38.4 Å². The quantitative estimate of drug-likeness (QED) is 0.387. The molecule has 9 nitrogen and oxygen atoms in total. The third-order valence-electron chi connectivity index (χ3n) is 6.38. The van der Waals surface area contributed by atoms with Gasteiger partial charge in [-0.1, -0.05) is 42.8 Å². The van der Waals surface area contributed by atoms with Gasteiger partial charge in [0, 0.05) is 53.7 Å². The Bertz CT molecular complexity index is 1630. The van der Waals surface area contributed by atoms with E-state index in [0.717, 1.165) is 17.5 Å². The van der Waals surface area contributed by atoms with Gasteiger partial charge in [0.05, 0.1) is 12.2 Å². The van der Waals surface area contributed by atoms with E-state index in [-0.39, 0.29) is 36.1 Å². The molecule has 1 aliphatic heterocycles. The fraction of sp³-hybridized carbons (Fsp3) is 0.269. The molecule has 1 aliphatic rings. The van der Waals surface area contributed by atoms with E-state index in [2.05, 4.69) is 10.1 Å². The van der Waals surface area contributed by atoms with E-state index in [1.807, 2.05) is 31.2 Å². The summed E-state index contributed by atoms with van der Waals surface area (Å²) in [6, 6.07) is 17.5. The van der Waals surface area contributed by atoms with Gasteiger partial charge in [-0.15, -0.1) is 0 Å². The third kappa shape index (κ3) is 5.18. The van der Waals surface area contributed by atoms with E-state index in [4.69, 9.17) is 11.6 Å². The molecule has 0 bridgehead atoms. The maximum absolute atomic E-state index is 13.2. The molecule has 0 saturated carbocycles. The fourth-order valence-electron chi connectivity index (χ4n) is 4.39. The highest BCUT2D eigenvalue weighted by Gasteiger charge is 2.33. The van der Waals surface area contributed by atoms with Gasteiger partial charge in [0.25, 0.3) is 15.6 Å². The highest BCUT2D eigenvalue weighted by atomic mass is 35.5. The Morgan fingerprint density at radius 3 is 2.51 bits per heavy atom. The summed E-state index contributed by atoms with van der Waals surface area (Å²) < 4.78 is 29.0. The Balaban J connectivity index is 1.25. The molecule has 2 aromatic heterocycles. The van der Waals surface area contributed by atoms with E-state index in [0.29, 0.717) is 34.7 Å². The van der Waals surface area contributed by atoms with Gasteiger partial charge in [-0.2, -0.15) is 9.40 Å². The molecule has 4 aromatic rings. The molecule has 0 unspecified atom stereocenters. The molecule has 2 aromatic carbocycles. The summed E-state index contributed by atoms with van der Waals surface area (Å²) in [6.45, 7) is 3.19. The Kier molecular flexibility index (Phi) is 6.89. The SMILES string of the molecule is CCCn1nc(-c2ccc(CN3CCN(S(=O)(=O)c4cc5cc(Cl)ccc5[nH]4)CC3=O)cc2)ccc1=O. The molecule has 37 heavy (non-hydrogen) atoms. The van der Waals surface area contributed by atoms with Gasteiger partial charge < -0.3 is 9.88 Å². The number of carbonyl (C=O) groups is 1. The minimum absolute atomic E-state index is 0.0421. The first-order chi connectivity index (χ1) is 17.7. The first kappa shape index (κ1) is 25.2. The third-order valence-corrected chi connectivity index (χ3v) is 8.39. The van der Waals surface area contributed by atoms with Gasteiger partial charge in [0.1, 0.15) is 5.03 Å².